The number of nitrogens with zero attached hydrogens (tertiary/aromatic N) is 5. The molecule has 0 bridgehead atoms. The maximum Gasteiger partial charge on any atom is 0.326 e. The first-order valence-corrected chi connectivity index (χ1v) is 10.7. The number of carboxylic acid groups (broad SMARTS) is 2. The lowest BCUT2D eigenvalue weighted by atomic mass is 10.1. The zero-order valence-electron chi connectivity index (χ0n) is 18.2. The highest BCUT2D eigenvalue weighted by molar-refractivity contribution is 6.45. The van der Waals surface area contributed by atoms with E-state index in [0.29, 0.717) is 11.4 Å². The fraction of sp³-hybridized carbons (Fsp3) is 0.250. The molecule has 13 nitrogen and oxygen atoms in total. The van der Waals surface area contributed by atoms with Gasteiger partial charge in [0.25, 0.3) is 5.91 Å². The minimum atomic E-state index is -1.41. The minimum Gasteiger partial charge on any atom is -0.481 e. The maximum atomic E-state index is 12.6. The molecule has 1 atom stereocenters. The summed E-state index contributed by atoms with van der Waals surface area (Å²) in [6.45, 7) is 0.227. The maximum absolute atomic E-state index is 12.6. The predicted octanol–water partition coefficient (Wildman–Crippen LogP) is 1.58. The molecule has 0 spiro atoms. The molecule has 3 rings (SSSR count). The van der Waals surface area contributed by atoms with Gasteiger partial charge >= 0.3 is 11.9 Å². The SMILES string of the molecule is CN(Cc1cnc2nc(N)nc(N)c2n1)c1ccc(C(=O)NC(CCC(=O)O)C(=O)O)c(Cl)c1Cl. The Hall–Kier alpha value is -3.97. The van der Waals surface area contributed by atoms with Crippen molar-refractivity contribution in [1.82, 2.24) is 25.3 Å². The number of benzene rings is 1. The number of hydrogen-bond acceptors (Lipinski definition) is 10. The second kappa shape index (κ2) is 10.5. The summed E-state index contributed by atoms with van der Waals surface area (Å²) in [5, 5.41) is 20.2. The molecule has 0 radical (unpaired) electrons. The van der Waals surface area contributed by atoms with Gasteiger partial charge in [0.15, 0.2) is 17.0 Å². The summed E-state index contributed by atoms with van der Waals surface area (Å²) in [7, 11) is 1.71. The number of rotatable bonds is 9. The number of hydrogen-bond donors (Lipinski definition) is 5. The Morgan fingerprint density at radius 2 is 1.83 bits per heavy atom. The van der Waals surface area contributed by atoms with Gasteiger partial charge in [-0.25, -0.2) is 14.8 Å². The van der Waals surface area contributed by atoms with Crippen molar-refractivity contribution < 1.29 is 24.6 Å². The van der Waals surface area contributed by atoms with Crippen LogP contribution in [0.25, 0.3) is 11.2 Å². The standard InChI is InChI=1S/C20H20Cl2N8O5/c1-30(7-8-6-25-17-15(26-8)16(23)28-20(24)29-17)11-4-2-9(13(21)14(11)22)18(33)27-10(19(34)35)3-5-12(31)32/h2,4,6,10H,3,5,7H2,1H3,(H,27,33)(H,31,32)(H,34,35)(H4,23,24,25,28,29). The molecule has 0 aliphatic rings. The number of nitrogen functional groups attached to an aromatic ring is 2. The second-order valence-electron chi connectivity index (χ2n) is 7.41. The Labute approximate surface area is 208 Å². The van der Waals surface area contributed by atoms with Crippen LogP contribution in [0.3, 0.4) is 0 Å². The number of carbonyl (C=O) groups is 3. The Morgan fingerprint density at radius 1 is 1.11 bits per heavy atom. The molecule has 35 heavy (non-hydrogen) atoms. The average Bonchev–Trinajstić information content (AvgIpc) is 2.78. The summed E-state index contributed by atoms with van der Waals surface area (Å²) < 4.78 is 0. The highest BCUT2D eigenvalue weighted by atomic mass is 35.5. The first-order chi connectivity index (χ1) is 16.5. The van der Waals surface area contributed by atoms with Crippen LogP contribution < -0.4 is 21.7 Å². The van der Waals surface area contributed by atoms with Gasteiger partial charge in [0.2, 0.25) is 5.95 Å². The fourth-order valence-corrected chi connectivity index (χ4v) is 3.71. The normalized spacial score (nSPS) is 11.7. The van der Waals surface area contributed by atoms with E-state index in [4.69, 9.17) is 39.8 Å². The van der Waals surface area contributed by atoms with E-state index in [1.807, 2.05) is 0 Å². The Bertz CT molecular complexity index is 1320. The molecule has 2 heterocycles. The summed E-state index contributed by atoms with van der Waals surface area (Å²) in [6, 6.07) is 1.50. The number of nitrogens with two attached hydrogens (primary N) is 2. The quantitative estimate of drug-likeness (QED) is 0.271. The van der Waals surface area contributed by atoms with E-state index in [0.717, 1.165) is 0 Å². The number of amides is 1. The molecule has 7 N–H and O–H groups in total. The summed E-state index contributed by atoms with van der Waals surface area (Å²) in [4.78, 5) is 52.8. The summed E-state index contributed by atoms with van der Waals surface area (Å²) in [5.74, 6) is -3.29. The van der Waals surface area contributed by atoms with Crippen molar-refractivity contribution >= 4 is 69.7 Å². The molecule has 2 aromatic heterocycles. The third kappa shape index (κ3) is 5.94. The van der Waals surface area contributed by atoms with Crippen molar-refractivity contribution in [2.75, 3.05) is 23.4 Å². The lowest BCUT2D eigenvalue weighted by molar-refractivity contribution is -0.140. The molecular formula is C20H20Cl2N8O5. The van der Waals surface area contributed by atoms with Gasteiger partial charge in [-0.1, -0.05) is 23.2 Å². The zero-order chi connectivity index (χ0) is 25.9. The number of fused-ring (bicyclic) bond motifs is 1. The molecule has 1 unspecified atom stereocenters. The lowest BCUT2D eigenvalue weighted by Crippen LogP contribution is -2.41. The molecule has 1 aromatic carbocycles. The van der Waals surface area contributed by atoms with Crippen molar-refractivity contribution in [3.63, 3.8) is 0 Å². The molecule has 0 aliphatic heterocycles. The largest absolute Gasteiger partial charge is 0.481 e. The third-order valence-electron chi connectivity index (χ3n) is 4.87. The van der Waals surface area contributed by atoms with Gasteiger partial charge in [-0.2, -0.15) is 9.97 Å². The summed E-state index contributed by atoms with van der Waals surface area (Å²) in [6.07, 6.45) is 0.765. The monoisotopic (exact) mass is 522 g/mol. The lowest BCUT2D eigenvalue weighted by Gasteiger charge is -2.22. The number of aromatic nitrogens is 4. The van der Waals surface area contributed by atoms with E-state index in [2.05, 4.69) is 25.3 Å². The van der Waals surface area contributed by atoms with Crippen LogP contribution in [0.1, 0.15) is 28.9 Å². The van der Waals surface area contributed by atoms with Gasteiger partial charge in [-0.15, -0.1) is 0 Å². The minimum absolute atomic E-state index is 0.0173. The predicted molar refractivity (Wildman–Crippen MR) is 128 cm³/mol. The smallest absolute Gasteiger partial charge is 0.326 e. The Kier molecular flexibility index (Phi) is 7.71. The second-order valence-corrected chi connectivity index (χ2v) is 8.17. The van der Waals surface area contributed by atoms with Crippen molar-refractivity contribution in [2.45, 2.75) is 25.4 Å². The van der Waals surface area contributed by atoms with E-state index in [1.165, 1.54) is 18.3 Å². The molecular weight excluding hydrogens is 503 g/mol. The van der Waals surface area contributed by atoms with Crippen molar-refractivity contribution in [3.05, 3.63) is 39.6 Å². The molecule has 1 amide bonds. The number of carboxylic acids is 2. The van der Waals surface area contributed by atoms with E-state index in [-0.39, 0.29) is 51.5 Å². The number of nitrogens with one attached hydrogen (secondary N) is 1. The molecule has 0 saturated heterocycles. The first kappa shape index (κ1) is 25.6. The number of halogens is 2. The first-order valence-electron chi connectivity index (χ1n) is 9.97. The topological polar surface area (TPSA) is 211 Å². The highest BCUT2D eigenvalue weighted by Crippen LogP contribution is 2.35. The van der Waals surface area contributed by atoms with Gasteiger partial charge in [-0.05, 0) is 18.6 Å². The summed E-state index contributed by atoms with van der Waals surface area (Å²) in [5.41, 5.74) is 12.9. The molecule has 0 aliphatic carbocycles. The van der Waals surface area contributed by atoms with Crippen LogP contribution in [0.15, 0.2) is 18.3 Å². The van der Waals surface area contributed by atoms with E-state index in [1.54, 1.807) is 11.9 Å². The third-order valence-corrected chi connectivity index (χ3v) is 5.74. The van der Waals surface area contributed by atoms with Crippen LogP contribution in [0.4, 0.5) is 17.5 Å². The number of anilines is 3. The van der Waals surface area contributed by atoms with Crippen LogP contribution in [0.5, 0.6) is 0 Å². The van der Waals surface area contributed by atoms with E-state index < -0.39 is 30.3 Å². The van der Waals surface area contributed by atoms with Crippen molar-refractivity contribution in [3.8, 4) is 0 Å². The number of aliphatic carboxylic acids is 2. The van der Waals surface area contributed by atoms with Crippen LogP contribution >= 0.6 is 23.2 Å². The van der Waals surface area contributed by atoms with Crippen molar-refractivity contribution in [2.24, 2.45) is 0 Å². The van der Waals surface area contributed by atoms with E-state index in [9.17, 15) is 19.5 Å². The molecule has 184 valence electrons. The zero-order valence-corrected chi connectivity index (χ0v) is 19.7. The Morgan fingerprint density at radius 3 is 2.49 bits per heavy atom. The van der Waals surface area contributed by atoms with Gasteiger partial charge in [-0.3, -0.25) is 9.59 Å². The molecule has 0 saturated carbocycles. The molecule has 0 fully saturated rings. The summed E-state index contributed by atoms with van der Waals surface area (Å²) >= 11 is 12.7. The van der Waals surface area contributed by atoms with Gasteiger partial charge in [0.05, 0.1) is 39.7 Å². The van der Waals surface area contributed by atoms with E-state index >= 15 is 0 Å². The van der Waals surface area contributed by atoms with Crippen LogP contribution in [-0.2, 0) is 16.1 Å². The van der Waals surface area contributed by atoms with Crippen molar-refractivity contribution in [1.29, 1.82) is 0 Å². The van der Waals surface area contributed by atoms with Crippen LogP contribution in [-0.4, -0.2) is 61.1 Å². The van der Waals surface area contributed by atoms with Gasteiger partial charge < -0.3 is 31.9 Å². The van der Waals surface area contributed by atoms with Gasteiger partial charge in [0, 0.05) is 13.5 Å². The van der Waals surface area contributed by atoms with Crippen LogP contribution in [0, 0.1) is 0 Å². The average molecular weight is 523 g/mol. The molecule has 3 aromatic rings. The number of carbonyl (C=O) groups excluding carboxylic acids is 1. The Balaban J connectivity index is 1.80. The molecule has 15 heteroatoms. The highest BCUT2D eigenvalue weighted by Gasteiger charge is 2.24. The van der Waals surface area contributed by atoms with Gasteiger partial charge in [0.1, 0.15) is 6.04 Å². The van der Waals surface area contributed by atoms with Crippen LogP contribution in [0.2, 0.25) is 10.0 Å². The fourth-order valence-electron chi connectivity index (χ4n) is 3.16.